The molecule has 2 rings (SSSR count). The first-order valence-electron chi connectivity index (χ1n) is 8.14. The Bertz CT molecular complexity index is 466. The van der Waals surface area contributed by atoms with Crippen LogP contribution in [0.5, 0.6) is 11.5 Å². The average Bonchev–Trinajstić information content (AvgIpc) is 2.51. The molecule has 0 saturated heterocycles. The summed E-state index contributed by atoms with van der Waals surface area (Å²) in [5.41, 5.74) is 1.18. The molecule has 1 aliphatic rings. The summed E-state index contributed by atoms with van der Waals surface area (Å²) in [5, 5.41) is 3.72. The smallest absolute Gasteiger partial charge is 0.125 e. The fourth-order valence-electron chi connectivity index (χ4n) is 3.02. The van der Waals surface area contributed by atoms with Crippen LogP contribution in [0.15, 0.2) is 18.2 Å². The molecule has 0 fully saturated rings. The number of fused-ring (bicyclic) bond motifs is 1. The summed E-state index contributed by atoms with van der Waals surface area (Å²) < 4.78 is 11.7. The number of nitrogens with one attached hydrogen (secondary N) is 1. The highest BCUT2D eigenvalue weighted by molar-refractivity contribution is 5.44. The summed E-state index contributed by atoms with van der Waals surface area (Å²) in [6.45, 7) is 9.94. The van der Waals surface area contributed by atoms with Gasteiger partial charge >= 0.3 is 0 Å². The third-order valence-corrected chi connectivity index (χ3v) is 4.56. The maximum atomic E-state index is 6.36. The molecule has 1 N–H and O–H groups in total. The minimum atomic E-state index is -0.0454. The van der Waals surface area contributed by atoms with Crippen molar-refractivity contribution < 1.29 is 9.47 Å². The van der Waals surface area contributed by atoms with Crippen LogP contribution in [0.2, 0.25) is 0 Å². The highest BCUT2D eigenvalue weighted by Gasteiger charge is 2.38. The molecule has 118 valence electrons. The lowest BCUT2D eigenvalue weighted by Crippen LogP contribution is -2.43. The number of benzene rings is 1. The molecule has 1 heterocycles. The molecule has 3 heteroatoms. The van der Waals surface area contributed by atoms with E-state index in [1.54, 1.807) is 7.11 Å². The lowest BCUT2D eigenvalue weighted by Gasteiger charge is -2.42. The molecule has 0 aliphatic carbocycles. The zero-order chi connectivity index (χ0) is 15.5. The largest absolute Gasteiger partial charge is 0.497 e. The maximum absolute atomic E-state index is 6.36. The predicted molar refractivity (Wildman–Crippen MR) is 87.1 cm³/mol. The molecule has 1 aromatic rings. The Kier molecular flexibility index (Phi) is 5.15. The molecule has 1 aliphatic heterocycles. The van der Waals surface area contributed by atoms with Crippen LogP contribution in [0.25, 0.3) is 0 Å². The first-order valence-corrected chi connectivity index (χ1v) is 8.14. The fraction of sp³-hybridized carbons (Fsp3) is 0.667. The van der Waals surface area contributed by atoms with Gasteiger partial charge in [0.2, 0.25) is 0 Å². The number of rotatable bonds is 6. The standard InChI is InChI=1S/C18H29NO2/c1-6-18(7-2)11-16(19-12-13(3)4)15-10-14(20-5)8-9-17(15)21-18/h8-10,13,16,19H,6-7,11-12H2,1-5H3. The van der Waals surface area contributed by atoms with Crippen molar-refractivity contribution in [2.75, 3.05) is 13.7 Å². The van der Waals surface area contributed by atoms with Gasteiger partial charge in [0.15, 0.2) is 0 Å². The van der Waals surface area contributed by atoms with Crippen LogP contribution in [-0.4, -0.2) is 19.3 Å². The van der Waals surface area contributed by atoms with Crippen LogP contribution < -0.4 is 14.8 Å². The monoisotopic (exact) mass is 291 g/mol. The van der Waals surface area contributed by atoms with Crippen LogP contribution in [-0.2, 0) is 0 Å². The van der Waals surface area contributed by atoms with Crippen LogP contribution in [0.3, 0.4) is 0 Å². The van der Waals surface area contributed by atoms with E-state index < -0.39 is 0 Å². The Balaban J connectivity index is 2.33. The van der Waals surface area contributed by atoms with Crippen molar-refractivity contribution in [3.63, 3.8) is 0 Å². The molecule has 1 aromatic carbocycles. The molecular formula is C18H29NO2. The van der Waals surface area contributed by atoms with Gasteiger partial charge in [0.25, 0.3) is 0 Å². The summed E-state index contributed by atoms with van der Waals surface area (Å²) in [6, 6.07) is 6.49. The predicted octanol–water partition coefficient (Wildman–Crippen LogP) is 4.32. The zero-order valence-electron chi connectivity index (χ0n) is 14.0. The fourth-order valence-corrected chi connectivity index (χ4v) is 3.02. The highest BCUT2D eigenvalue weighted by Crippen LogP contribution is 2.44. The van der Waals surface area contributed by atoms with E-state index in [-0.39, 0.29) is 5.60 Å². The molecule has 21 heavy (non-hydrogen) atoms. The number of hydrogen-bond acceptors (Lipinski definition) is 3. The molecule has 0 radical (unpaired) electrons. The first-order chi connectivity index (χ1) is 10.0. The second-order valence-electron chi connectivity index (χ2n) is 6.45. The van der Waals surface area contributed by atoms with Gasteiger partial charge in [-0.3, -0.25) is 0 Å². The Morgan fingerprint density at radius 3 is 2.62 bits per heavy atom. The first kappa shape index (κ1) is 16.2. The Morgan fingerprint density at radius 1 is 1.33 bits per heavy atom. The van der Waals surface area contributed by atoms with Crippen molar-refractivity contribution in [2.45, 2.75) is 58.6 Å². The van der Waals surface area contributed by atoms with Gasteiger partial charge in [0.05, 0.1) is 7.11 Å². The van der Waals surface area contributed by atoms with Gasteiger partial charge in [-0.25, -0.2) is 0 Å². The molecule has 0 bridgehead atoms. The highest BCUT2D eigenvalue weighted by atomic mass is 16.5. The van der Waals surface area contributed by atoms with E-state index in [1.807, 2.05) is 6.07 Å². The van der Waals surface area contributed by atoms with Gasteiger partial charge < -0.3 is 14.8 Å². The maximum Gasteiger partial charge on any atom is 0.125 e. The molecule has 0 saturated carbocycles. The quantitative estimate of drug-likeness (QED) is 0.846. The van der Waals surface area contributed by atoms with Gasteiger partial charge in [-0.2, -0.15) is 0 Å². The van der Waals surface area contributed by atoms with Crippen molar-refractivity contribution in [1.82, 2.24) is 5.32 Å². The van der Waals surface area contributed by atoms with Crippen molar-refractivity contribution in [3.05, 3.63) is 23.8 Å². The number of ether oxygens (including phenoxy) is 2. The topological polar surface area (TPSA) is 30.5 Å². The van der Waals surface area contributed by atoms with Gasteiger partial charge in [-0.05, 0) is 43.5 Å². The summed E-state index contributed by atoms with van der Waals surface area (Å²) in [4.78, 5) is 0. The van der Waals surface area contributed by atoms with Crippen molar-refractivity contribution >= 4 is 0 Å². The zero-order valence-corrected chi connectivity index (χ0v) is 14.0. The van der Waals surface area contributed by atoms with Crippen LogP contribution in [0.1, 0.15) is 58.6 Å². The molecular weight excluding hydrogens is 262 g/mol. The lowest BCUT2D eigenvalue weighted by molar-refractivity contribution is 0.0223. The van der Waals surface area contributed by atoms with E-state index in [9.17, 15) is 0 Å². The van der Waals surface area contributed by atoms with Crippen LogP contribution in [0.4, 0.5) is 0 Å². The van der Waals surface area contributed by atoms with E-state index in [4.69, 9.17) is 9.47 Å². The number of methoxy groups -OCH3 is 1. The van der Waals surface area contributed by atoms with E-state index in [2.05, 4.69) is 45.1 Å². The third kappa shape index (κ3) is 3.52. The van der Waals surface area contributed by atoms with E-state index in [0.29, 0.717) is 12.0 Å². The second kappa shape index (κ2) is 6.69. The molecule has 3 nitrogen and oxygen atoms in total. The summed E-state index contributed by atoms with van der Waals surface area (Å²) in [7, 11) is 1.71. The van der Waals surface area contributed by atoms with Gasteiger partial charge in [-0.15, -0.1) is 0 Å². The van der Waals surface area contributed by atoms with Gasteiger partial charge in [0, 0.05) is 18.0 Å². The summed E-state index contributed by atoms with van der Waals surface area (Å²) in [5.74, 6) is 2.54. The van der Waals surface area contributed by atoms with Crippen molar-refractivity contribution in [1.29, 1.82) is 0 Å². The lowest BCUT2D eigenvalue weighted by atomic mass is 9.83. The molecule has 1 unspecified atom stereocenters. The van der Waals surface area contributed by atoms with Crippen LogP contribution in [0, 0.1) is 5.92 Å². The molecule has 0 spiro atoms. The summed E-state index contributed by atoms with van der Waals surface area (Å²) >= 11 is 0. The van der Waals surface area contributed by atoms with E-state index >= 15 is 0 Å². The minimum absolute atomic E-state index is 0.0454. The Hall–Kier alpha value is -1.22. The normalized spacial score (nSPS) is 20.0. The van der Waals surface area contributed by atoms with Crippen molar-refractivity contribution in [2.24, 2.45) is 5.92 Å². The number of hydrogen-bond donors (Lipinski definition) is 1. The molecule has 0 aromatic heterocycles. The Morgan fingerprint density at radius 2 is 2.05 bits per heavy atom. The van der Waals surface area contributed by atoms with Crippen LogP contribution >= 0.6 is 0 Å². The summed E-state index contributed by atoms with van der Waals surface area (Å²) in [6.07, 6.45) is 3.09. The van der Waals surface area contributed by atoms with Gasteiger partial charge in [0.1, 0.15) is 17.1 Å². The second-order valence-corrected chi connectivity index (χ2v) is 6.45. The van der Waals surface area contributed by atoms with Crippen molar-refractivity contribution in [3.8, 4) is 11.5 Å². The average molecular weight is 291 g/mol. The Labute approximate surface area is 129 Å². The molecule has 0 amide bonds. The van der Waals surface area contributed by atoms with Gasteiger partial charge in [-0.1, -0.05) is 27.7 Å². The van der Waals surface area contributed by atoms with E-state index in [0.717, 1.165) is 37.3 Å². The SMILES string of the molecule is CCC1(CC)CC(NCC(C)C)c2cc(OC)ccc2O1. The van der Waals surface area contributed by atoms with E-state index in [1.165, 1.54) is 5.56 Å². The minimum Gasteiger partial charge on any atom is -0.497 e. The molecule has 1 atom stereocenters. The third-order valence-electron chi connectivity index (χ3n) is 4.56.